The van der Waals surface area contributed by atoms with Crippen molar-refractivity contribution in [3.05, 3.63) is 37.6 Å². The molecule has 0 fully saturated rings. The first-order valence-electron chi connectivity index (χ1n) is 7.16. The minimum absolute atomic E-state index is 0.0872. The van der Waals surface area contributed by atoms with Crippen LogP contribution in [0.1, 0.15) is 18.4 Å². The Kier molecular flexibility index (Phi) is 5.59. The van der Waals surface area contributed by atoms with Gasteiger partial charge in [-0.25, -0.2) is 4.98 Å². The van der Waals surface area contributed by atoms with Crippen LogP contribution in [0.5, 0.6) is 0 Å². The van der Waals surface area contributed by atoms with Crippen LogP contribution in [0.3, 0.4) is 0 Å². The fourth-order valence-corrected chi connectivity index (χ4v) is 4.75. The highest BCUT2D eigenvalue weighted by atomic mass is 79.9. The van der Waals surface area contributed by atoms with Gasteiger partial charge >= 0.3 is 0 Å². The lowest BCUT2D eigenvalue weighted by molar-refractivity contribution is -0.120. The summed E-state index contributed by atoms with van der Waals surface area (Å²) in [6.07, 6.45) is 0.250. The summed E-state index contributed by atoms with van der Waals surface area (Å²) in [4.78, 5) is 17.7. The van der Waals surface area contributed by atoms with E-state index in [-0.39, 0.29) is 12.3 Å². The molecule has 0 saturated heterocycles. The number of rotatable bonds is 6. The SMILES string of the molecule is CCn1c(CNC(=O)Cc2csc(-c3cc(Br)cs3)n2)n[nH]c1=S. The number of carbonyl (C=O) groups is 1. The lowest BCUT2D eigenvalue weighted by Gasteiger charge is -2.05. The minimum atomic E-state index is -0.0872. The number of amides is 1. The molecule has 0 aliphatic heterocycles. The van der Waals surface area contributed by atoms with Crippen LogP contribution in [0.2, 0.25) is 0 Å². The van der Waals surface area contributed by atoms with Gasteiger partial charge in [0.1, 0.15) is 5.01 Å². The van der Waals surface area contributed by atoms with Gasteiger partial charge in [0, 0.05) is 21.8 Å². The fourth-order valence-electron chi connectivity index (χ4n) is 2.14. The van der Waals surface area contributed by atoms with Gasteiger partial charge in [-0.05, 0) is 41.1 Å². The predicted octanol–water partition coefficient (Wildman–Crippen LogP) is 3.77. The molecule has 0 aliphatic rings. The third kappa shape index (κ3) is 4.00. The zero-order chi connectivity index (χ0) is 17.1. The first kappa shape index (κ1) is 17.5. The second-order valence-corrected chi connectivity index (χ2v) is 7.99. The Hall–Kier alpha value is -1.36. The van der Waals surface area contributed by atoms with Gasteiger partial charge in [-0.2, -0.15) is 5.10 Å². The van der Waals surface area contributed by atoms with Gasteiger partial charge in [-0.15, -0.1) is 22.7 Å². The first-order chi connectivity index (χ1) is 11.6. The van der Waals surface area contributed by atoms with Gasteiger partial charge in [0.25, 0.3) is 0 Å². The second kappa shape index (κ2) is 7.68. The van der Waals surface area contributed by atoms with Crippen molar-refractivity contribution >= 4 is 56.7 Å². The molecule has 3 aromatic rings. The van der Waals surface area contributed by atoms with Crippen molar-refractivity contribution in [1.29, 1.82) is 0 Å². The largest absolute Gasteiger partial charge is 0.348 e. The maximum Gasteiger partial charge on any atom is 0.226 e. The van der Waals surface area contributed by atoms with Crippen LogP contribution < -0.4 is 5.32 Å². The molecular formula is C14H14BrN5OS3. The lowest BCUT2D eigenvalue weighted by Crippen LogP contribution is -2.26. The molecule has 2 N–H and O–H groups in total. The third-order valence-electron chi connectivity index (χ3n) is 3.27. The smallest absolute Gasteiger partial charge is 0.226 e. The Labute approximate surface area is 160 Å². The Bertz CT molecular complexity index is 910. The molecule has 3 aromatic heterocycles. The highest BCUT2D eigenvalue weighted by Crippen LogP contribution is 2.32. The lowest BCUT2D eigenvalue weighted by atomic mass is 10.3. The summed E-state index contributed by atoms with van der Waals surface area (Å²) < 4.78 is 3.46. The predicted molar refractivity (Wildman–Crippen MR) is 102 cm³/mol. The van der Waals surface area contributed by atoms with Crippen LogP contribution >= 0.6 is 50.8 Å². The Balaban J connectivity index is 1.59. The van der Waals surface area contributed by atoms with Crippen molar-refractivity contribution < 1.29 is 4.79 Å². The quantitative estimate of drug-likeness (QED) is 0.568. The van der Waals surface area contributed by atoms with Crippen molar-refractivity contribution in [2.24, 2.45) is 0 Å². The van der Waals surface area contributed by atoms with E-state index in [0.29, 0.717) is 17.9 Å². The monoisotopic (exact) mass is 443 g/mol. The number of aromatic amines is 1. The van der Waals surface area contributed by atoms with Gasteiger partial charge in [0.2, 0.25) is 5.91 Å². The molecule has 3 rings (SSSR count). The van der Waals surface area contributed by atoms with Crippen LogP contribution in [-0.4, -0.2) is 25.7 Å². The molecule has 126 valence electrons. The summed E-state index contributed by atoms with van der Waals surface area (Å²) in [5, 5.41) is 14.6. The molecule has 0 aromatic carbocycles. The van der Waals surface area contributed by atoms with Gasteiger partial charge < -0.3 is 9.88 Å². The molecule has 1 amide bonds. The molecule has 0 unspecified atom stereocenters. The number of H-pyrrole nitrogens is 1. The number of aromatic nitrogens is 4. The molecule has 10 heteroatoms. The number of hydrogen-bond acceptors (Lipinski definition) is 6. The average molecular weight is 444 g/mol. The second-order valence-electron chi connectivity index (χ2n) is 4.92. The van der Waals surface area contributed by atoms with Crippen molar-refractivity contribution in [3.63, 3.8) is 0 Å². The molecule has 0 saturated carbocycles. The molecule has 0 bridgehead atoms. The average Bonchev–Trinajstić information content (AvgIpc) is 3.25. The zero-order valence-corrected chi connectivity index (χ0v) is 16.7. The minimum Gasteiger partial charge on any atom is -0.348 e. The maximum absolute atomic E-state index is 12.1. The topological polar surface area (TPSA) is 75.6 Å². The standard InChI is InChI=1S/C14H14BrN5OS3/c1-2-20-11(18-19-14(20)22)5-16-12(21)4-9-7-24-13(17-9)10-3-8(15)6-23-10/h3,6-7H,2,4-5H2,1H3,(H,16,21)(H,19,22). The number of carbonyl (C=O) groups excluding carboxylic acids is 1. The van der Waals surface area contributed by atoms with Crippen LogP contribution in [0.15, 0.2) is 21.3 Å². The van der Waals surface area contributed by atoms with E-state index in [1.54, 1.807) is 22.7 Å². The maximum atomic E-state index is 12.1. The molecule has 0 spiro atoms. The molecule has 3 heterocycles. The summed E-state index contributed by atoms with van der Waals surface area (Å²) in [6, 6.07) is 2.03. The first-order valence-corrected chi connectivity index (χ1v) is 10.1. The summed E-state index contributed by atoms with van der Waals surface area (Å²) >= 11 is 11.7. The third-order valence-corrected chi connectivity index (χ3v) is 6.33. The van der Waals surface area contributed by atoms with E-state index < -0.39 is 0 Å². The number of thiazole rings is 1. The summed E-state index contributed by atoms with van der Waals surface area (Å²) in [7, 11) is 0. The van der Waals surface area contributed by atoms with Crippen LogP contribution in [0.4, 0.5) is 0 Å². The number of nitrogens with one attached hydrogen (secondary N) is 2. The number of hydrogen-bond donors (Lipinski definition) is 2. The molecule has 0 radical (unpaired) electrons. The Morgan fingerprint density at radius 3 is 3.00 bits per heavy atom. The van der Waals surface area contributed by atoms with Gasteiger partial charge in [0.05, 0.1) is 23.5 Å². The van der Waals surface area contributed by atoms with E-state index >= 15 is 0 Å². The summed E-state index contributed by atoms with van der Waals surface area (Å²) in [5.74, 6) is 0.633. The van der Waals surface area contributed by atoms with Crippen LogP contribution in [0, 0.1) is 4.77 Å². The number of thiophene rings is 1. The molecule has 6 nitrogen and oxygen atoms in total. The zero-order valence-electron chi connectivity index (χ0n) is 12.7. The molecule has 0 aliphatic carbocycles. The van der Waals surface area contributed by atoms with Crippen molar-refractivity contribution in [1.82, 2.24) is 25.1 Å². The Morgan fingerprint density at radius 1 is 1.46 bits per heavy atom. The van der Waals surface area contributed by atoms with E-state index in [0.717, 1.165) is 25.9 Å². The molecule has 24 heavy (non-hydrogen) atoms. The van der Waals surface area contributed by atoms with Gasteiger partial charge in [-0.1, -0.05) is 0 Å². The van der Waals surface area contributed by atoms with E-state index in [1.807, 2.05) is 28.3 Å². The Morgan fingerprint density at radius 2 is 2.29 bits per heavy atom. The van der Waals surface area contributed by atoms with Crippen molar-refractivity contribution in [3.8, 4) is 9.88 Å². The summed E-state index contributed by atoms with van der Waals surface area (Å²) in [6.45, 7) is 3.04. The van der Waals surface area contributed by atoms with Crippen LogP contribution in [-0.2, 0) is 24.3 Å². The van der Waals surface area contributed by atoms with Crippen molar-refractivity contribution in [2.75, 3.05) is 0 Å². The fraction of sp³-hybridized carbons (Fsp3) is 0.286. The van der Waals surface area contributed by atoms with E-state index in [1.165, 1.54) is 0 Å². The number of halogens is 1. The molecular weight excluding hydrogens is 430 g/mol. The van der Waals surface area contributed by atoms with Crippen LogP contribution in [0.25, 0.3) is 9.88 Å². The molecule has 0 atom stereocenters. The van der Waals surface area contributed by atoms with E-state index in [9.17, 15) is 4.79 Å². The van der Waals surface area contributed by atoms with E-state index in [2.05, 4.69) is 36.4 Å². The normalized spacial score (nSPS) is 10.9. The number of nitrogens with zero attached hydrogens (tertiary/aromatic N) is 3. The highest BCUT2D eigenvalue weighted by molar-refractivity contribution is 9.10. The van der Waals surface area contributed by atoms with Gasteiger partial charge in [-0.3, -0.25) is 9.89 Å². The van der Waals surface area contributed by atoms with E-state index in [4.69, 9.17) is 12.2 Å². The van der Waals surface area contributed by atoms with Crippen molar-refractivity contribution in [2.45, 2.75) is 26.4 Å². The summed E-state index contributed by atoms with van der Waals surface area (Å²) in [5.41, 5.74) is 0.770. The highest BCUT2D eigenvalue weighted by Gasteiger charge is 2.12. The van der Waals surface area contributed by atoms with Gasteiger partial charge in [0.15, 0.2) is 10.6 Å².